The van der Waals surface area contributed by atoms with Crippen molar-refractivity contribution in [2.45, 2.75) is 18.8 Å². The normalized spacial score (nSPS) is 17.1. The fourth-order valence-corrected chi connectivity index (χ4v) is 3.45. The van der Waals surface area contributed by atoms with Crippen LogP contribution in [0.3, 0.4) is 0 Å². The van der Waals surface area contributed by atoms with Gasteiger partial charge in [-0.25, -0.2) is 9.97 Å². The Morgan fingerprint density at radius 1 is 1.04 bits per heavy atom. The van der Waals surface area contributed by atoms with Gasteiger partial charge in [-0.1, -0.05) is 53.7 Å². The number of nitrogens with zero attached hydrogens (tertiary/aromatic N) is 3. The van der Waals surface area contributed by atoms with E-state index in [1.807, 2.05) is 48.5 Å². The molecule has 2 N–H and O–H groups in total. The highest BCUT2D eigenvalue weighted by Gasteiger charge is 2.27. The van der Waals surface area contributed by atoms with Crippen LogP contribution < -0.4 is 10.1 Å². The van der Waals surface area contributed by atoms with Crippen molar-refractivity contribution >= 4 is 11.7 Å². The topological polar surface area (TPSA) is 79.6 Å². The molecule has 0 saturated heterocycles. The number of fused-ring (bicyclic) bond motifs is 1. The maximum atomic E-state index is 9.45. The van der Waals surface area contributed by atoms with Crippen molar-refractivity contribution in [3.63, 3.8) is 0 Å². The Kier molecular flexibility index (Phi) is 5.47. The van der Waals surface area contributed by atoms with Crippen molar-refractivity contribution < 1.29 is 9.94 Å². The Bertz CT molecular complexity index is 945. The number of rotatable bonds is 6. The van der Waals surface area contributed by atoms with E-state index in [9.17, 15) is 5.21 Å². The molecule has 0 fully saturated rings. The van der Waals surface area contributed by atoms with Crippen molar-refractivity contribution in [2.75, 3.05) is 18.5 Å². The van der Waals surface area contributed by atoms with Crippen LogP contribution in [0.2, 0.25) is 0 Å². The van der Waals surface area contributed by atoms with Crippen molar-refractivity contribution in [3.05, 3.63) is 83.7 Å². The first-order valence-electron chi connectivity index (χ1n) is 9.37. The highest BCUT2D eigenvalue weighted by Crippen LogP contribution is 2.32. The van der Waals surface area contributed by atoms with Crippen molar-refractivity contribution in [1.29, 1.82) is 0 Å². The minimum atomic E-state index is 0.240. The van der Waals surface area contributed by atoms with Gasteiger partial charge in [0.05, 0.1) is 18.0 Å². The predicted molar refractivity (Wildman–Crippen MR) is 108 cm³/mol. The SMILES string of the molecule is ON=C1CC(c2ccccc2)Cc2nc(NCCOc3ccccc3)ncc21. The van der Waals surface area contributed by atoms with Gasteiger partial charge in [0.2, 0.25) is 5.95 Å². The summed E-state index contributed by atoms with van der Waals surface area (Å²) < 4.78 is 5.68. The van der Waals surface area contributed by atoms with Crippen LogP contribution in [0.1, 0.15) is 29.2 Å². The Labute approximate surface area is 163 Å². The molecule has 2 aromatic carbocycles. The second-order valence-electron chi connectivity index (χ2n) is 6.70. The van der Waals surface area contributed by atoms with Crippen molar-refractivity contribution in [1.82, 2.24) is 9.97 Å². The first kappa shape index (κ1) is 18.0. The molecule has 1 atom stereocenters. The van der Waals surface area contributed by atoms with E-state index >= 15 is 0 Å². The van der Waals surface area contributed by atoms with Crippen molar-refractivity contribution in [3.8, 4) is 5.75 Å². The fourth-order valence-electron chi connectivity index (χ4n) is 3.45. The summed E-state index contributed by atoms with van der Waals surface area (Å²) in [5.41, 5.74) is 3.57. The number of benzene rings is 2. The molecule has 3 aromatic rings. The van der Waals surface area contributed by atoms with Gasteiger partial charge in [-0.15, -0.1) is 0 Å². The quantitative estimate of drug-likeness (QED) is 0.389. The van der Waals surface area contributed by atoms with Gasteiger partial charge in [-0.2, -0.15) is 0 Å². The summed E-state index contributed by atoms with van der Waals surface area (Å²) in [5.74, 6) is 1.63. The maximum Gasteiger partial charge on any atom is 0.223 e. The molecule has 1 heterocycles. The number of aromatic nitrogens is 2. The van der Waals surface area contributed by atoms with Crippen LogP contribution >= 0.6 is 0 Å². The number of hydrogen-bond donors (Lipinski definition) is 2. The molecule has 4 rings (SSSR count). The number of para-hydroxylation sites is 1. The number of nitrogens with one attached hydrogen (secondary N) is 1. The second kappa shape index (κ2) is 8.52. The summed E-state index contributed by atoms with van der Waals surface area (Å²) in [7, 11) is 0. The minimum Gasteiger partial charge on any atom is -0.492 e. The number of anilines is 1. The second-order valence-corrected chi connectivity index (χ2v) is 6.70. The molecular formula is C22H22N4O2. The summed E-state index contributed by atoms with van der Waals surface area (Å²) in [5, 5.41) is 16.2. The molecule has 1 aliphatic rings. The van der Waals surface area contributed by atoms with Gasteiger partial charge in [-0.05, 0) is 30.0 Å². The highest BCUT2D eigenvalue weighted by atomic mass is 16.5. The monoisotopic (exact) mass is 374 g/mol. The Hall–Kier alpha value is -3.41. The zero-order chi connectivity index (χ0) is 19.2. The van der Waals surface area contributed by atoms with Gasteiger partial charge in [-0.3, -0.25) is 0 Å². The molecule has 0 spiro atoms. The van der Waals surface area contributed by atoms with Gasteiger partial charge < -0.3 is 15.3 Å². The Morgan fingerprint density at radius 2 is 1.79 bits per heavy atom. The lowest BCUT2D eigenvalue weighted by atomic mass is 9.82. The van der Waals surface area contributed by atoms with Gasteiger partial charge in [0.25, 0.3) is 0 Å². The number of ether oxygens (including phenoxy) is 1. The lowest BCUT2D eigenvalue weighted by molar-refractivity contribution is 0.316. The van der Waals surface area contributed by atoms with E-state index in [0.29, 0.717) is 31.2 Å². The molecule has 1 aromatic heterocycles. The van der Waals surface area contributed by atoms with E-state index in [1.165, 1.54) is 5.56 Å². The van der Waals surface area contributed by atoms with Crippen LogP contribution in [0.15, 0.2) is 72.0 Å². The lowest BCUT2D eigenvalue weighted by Gasteiger charge is -2.25. The number of oxime groups is 1. The van der Waals surface area contributed by atoms with Crippen LogP contribution in [-0.4, -0.2) is 34.0 Å². The van der Waals surface area contributed by atoms with Crippen molar-refractivity contribution in [2.24, 2.45) is 5.16 Å². The zero-order valence-corrected chi connectivity index (χ0v) is 15.5. The summed E-state index contributed by atoms with van der Waals surface area (Å²) in [6.07, 6.45) is 3.20. The molecule has 142 valence electrons. The molecule has 1 aliphatic carbocycles. The zero-order valence-electron chi connectivity index (χ0n) is 15.5. The molecule has 0 amide bonds. The Morgan fingerprint density at radius 3 is 2.54 bits per heavy atom. The highest BCUT2D eigenvalue weighted by molar-refractivity contribution is 6.02. The molecule has 1 unspecified atom stereocenters. The maximum absolute atomic E-state index is 9.45. The third kappa shape index (κ3) is 4.11. The van der Waals surface area contributed by atoms with Gasteiger partial charge >= 0.3 is 0 Å². The first-order valence-corrected chi connectivity index (χ1v) is 9.37. The molecule has 28 heavy (non-hydrogen) atoms. The Balaban J connectivity index is 1.43. The van der Waals surface area contributed by atoms with E-state index < -0.39 is 0 Å². The van der Waals surface area contributed by atoms with Gasteiger partial charge in [0, 0.05) is 18.2 Å². The first-order chi connectivity index (χ1) is 13.8. The largest absolute Gasteiger partial charge is 0.492 e. The average Bonchev–Trinajstić information content (AvgIpc) is 2.77. The van der Waals surface area contributed by atoms with Crippen LogP contribution in [0.5, 0.6) is 5.75 Å². The molecular weight excluding hydrogens is 352 g/mol. The van der Waals surface area contributed by atoms with Crippen LogP contribution in [0.4, 0.5) is 5.95 Å². The van der Waals surface area contributed by atoms with E-state index in [4.69, 9.17) is 4.74 Å². The summed E-state index contributed by atoms with van der Waals surface area (Å²) in [4.78, 5) is 9.02. The van der Waals surface area contributed by atoms with Crippen LogP contribution in [-0.2, 0) is 6.42 Å². The summed E-state index contributed by atoms with van der Waals surface area (Å²) >= 11 is 0. The number of hydrogen-bond acceptors (Lipinski definition) is 6. The fraction of sp³-hybridized carbons (Fsp3) is 0.227. The third-order valence-electron chi connectivity index (χ3n) is 4.85. The standard InChI is InChI=1S/C22H22N4O2/c27-26-21-14-17(16-7-3-1-4-8-16)13-20-19(21)15-24-22(25-20)23-11-12-28-18-9-5-2-6-10-18/h1-10,15,17,27H,11-14H2,(H,23,24,25). The summed E-state index contributed by atoms with van der Waals surface area (Å²) in [6, 6.07) is 20.0. The minimum absolute atomic E-state index is 0.240. The molecule has 0 radical (unpaired) electrons. The van der Waals surface area contributed by atoms with E-state index in [-0.39, 0.29) is 5.92 Å². The molecule has 6 heteroatoms. The lowest BCUT2D eigenvalue weighted by Crippen LogP contribution is -2.22. The van der Waals surface area contributed by atoms with E-state index in [0.717, 1.165) is 23.4 Å². The average molecular weight is 374 g/mol. The van der Waals surface area contributed by atoms with Gasteiger partial charge in [0.15, 0.2) is 0 Å². The molecule has 0 bridgehead atoms. The van der Waals surface area contributed by atoms with E-state index in [2.05, 4.69) is 32.6 Å². The predicted octanol–water partition coefficient (Wildman–Crippen LogP) is 3.88. The van der Waals surface area contributed by atoms with E-state index in [1.54, 1.807) is 6.20 Å². The smallest absolute Gasteiger partial charge is 0.223 e. The van der Waals surface area contributed by atoms with Gasteiger partial charge in [0.1, 0.15) is 12.4 Å². The third-order valence-corrected chi connectivity index (χ3v) is 4.85. The van der Waals surface area contributed by atoms with Crippen LogP contribution in [0, 0.1) is 0 Å². The molecule has 6 nitrogen and oxygen atoms in total. The van der Waals surface area contributed by atoms with Crippen LogP contribution in [0.25, 0.3) is 0 Å². The molecule has 0 saturated carbocycles. The summed E-state index contributed by atoms with van der Waals surface area (Å²) in [6.45, 7) is 1.11. The molecule has 0 aliphatic heterocycles.